The summed E-state index contributed by atoms with van der Waals surface area (Å²) in [6.45, 7) is 0.588. The summed E-state index contributed by atoms with van der Waals surface area (Å²) in [6, 6.07) is 3.09. The third-order valence-electron chi connectivity index (χ3n) is 3.08. The van der Waals surface area contributed by atoms with Gasteiger partial charge in [0, 0.05) is 24.8 Å². The number of hydrogen-bond acceptors (Lipinski definition) is 4. The predicted molar refractivity (Wildman–Crippen MR) is 74.5 cm³/mol. The largest absolute Gasteiger partial charge is 0.384 e. The molecule has 1 heterocycles. The van der Waals surface area contributed by atoms with Gasteiger partial charge in [-0.05, 0) is 31.0 Å². The molecular weight excluding hydrogens is 297 g/mol. The highest BCUT2D eigenvalue weighted by atomic mass is 32.2. The van der Waals surface area contributed by atoms with Crippen LogP contribution in [0.15, 0.2) is 23.1 Å². The summed E-state index contributed by atoms with van der Waals surface area (Å²) in [5.41, 5.74) is 0.0311. The monoisotopic (exact) mass is 313 g/mol. The van der Waals surface area contributed by atoms with E-state index in [1.165, 1.54) is 6.07 Å². The Hall–Kier alpha value is -1.46. The average Bonchev–Trinajstić information content (AvgIpc) is 2.45. The van der Waals surface area contributed by atoms with E-state index in [1.54, 1.807) is 0 Å². The molecule has 1 aliphatic heterocycles. The Bertz CT molecular complexity index is 657. The minimum Gasteiger partial charge on any atom is -0.384 e. The number of hydrogen-bond donors (Lipinski definition) is 2. The molecule has 5 nitrogen and oxygen atoms in total. The van der Waals surface area contributed by atoms with Crippen LogP contribution in [0.25, 0.3) is 0 Å². The Labute approximate surface area is 123 Å². The fraction of sp³-hybridized carbons (Fsp3) is 0.429. The van der Waals surface area contributed by atoms with Crippen molar-refractivity contribution in [1.29, 1.82) is 0 Å². The quantitative estimate of drug-likeness (QED) is 0.803. The number of rotatable bonds is 3. The van der Waals surface area contributed by atoms with Crippen molar-refractivity contribution < 1.29 is 22.7 Å². The third kappa shape index (κ3) is 4.25. The lowest BCUT2D eigenvalue weighted by Gasteiger charge is -2.23. The number of nitrogens with one attached hydrogen (secondary N) is 1. The standard InChI is InChI=1S/C14H16FNO4S/c15-12-3-4-14(11(10-12)2-1-7-17)21(18,19)16-13-5-8-20-9-6-13/h3-4,10,13,16-17H,5-9H2. The first-order valence-electron chi connectivity index (χ1n) is 6.52. The molecule has 114 valence electrons. The minimum atomic E-state index is -3.79. The smallest absolute Gasteiger partial charge is 0.242 e. The van der Waals surface area contributed by atoms with Crippen LogP contribution >= 0.6 is 0 Å². The number of sulfonamides is 1. The van der Waals surface area contributed by atoms with Crippen molar-refractivity contribution >= 4 is 10.0 Å². The van der Waals surface area contributed by atoms with Crippen LogP contribution in [0.5, 0.6) is 0 Å². The predicted octanol–water partition coefficient (Wildman–Crippen LogP) is 0.627. The van der Waals surface area contributed by atoms with Gasteiger partial charge in [0.2, 0.25) is 10.0 Å². The van der Waals surface area contributed by atoms with Gasteiger partial charge in [0.25, 0.3) is 0 Å². The van der Waals surface area contributed by atoms with Crippen LogP contribution in [0, 0.1) is 17.7 Å². The molecule has 2 N–H and O–H groups in total. The van der Waals surface area contributed by atoms with Crippen LogP contribution in [0.2, 0.25) is 0 Å². The van der Waals surface area contributed by atoms with Crippen LogP contribution in [0.3, 0.4) is 0 Å². The summed E-state index contributed by atoms with van der Waals surface area (Å²) < 4.78 is 45.8. The summed E-state index contributed by atoms with van der Waals surface area (Å²) in [4.78, 5) is -0.0867. The van der Waals surface area contributed by atoms with Crippen molar-refractivity contribution in [3.05, 3.63) is 29.6 Å². The van der Waals surface area contributed by atoms with E-state index in [0.29, 0.717) is 26.1 Å². The second-order valence-electron chi connectivity index (χ2n) is 4.61. The zero-order chi connectivity index (χ0) is 15.3. The van der Waals surface area contributed by atoms with E-state index in [0.717, 1.165) is 12.1 Å². The van der Waals surface area contributed by atoms with Gasteiger partial charge in [-0.2, -0.15) is 0 Å². The third-order valence-corrected chi connectivity index (χ3v) is 4.66. The molecule has 0 unspecified atom stereocenters. The molecule has 1 aromatic rings. The van der Waals surface area contributed by atoms with Crippen molar-refractivity contribution in [3.8, 4) is 11.8 Å². The summed E-state index contributed by atoms with van der Waals surface area (Å²) in [5.74, 6) is 4.22. The number of ether oxygens (including phenoxy) is 1. The van der Waals surface area contributed by atoms with Gasteiger partial charge in [-0.3, -0.25) is 0 Å². The minimum absolute atomic E-state index is 0.0311. The molecule has 1 aliphatic rings. The van der Waals surface area contributed by atoms with Gasteiger partial charge < -0.3 is 9.84 Å². The number of benzene rings is 1. The first-order chi connectivity index (χ1) is 10.0. The second-order valence-corrected chi connectivity index (χ2v) is 6.29. The highest BCUT2D eigenvalue weighted by Crippen LogP contribution is 2.18. The summed E-state index contributed by atoms with van der Waals surface area (Å²) >= 11 is 0. The lowest BCUT2D eigenvalue weighted by atomic mass is 10.1. The molecule has 0 saturated carbocycles. The van der Waals surface area contributed by atoms with E-state index in [9.17, 15) is 12.8 Å². The van der Waals surface area contributed by atoms with Gasteiger partial charge in [-0.25, -0.2) is 17.5 Å². The fourth-order valence-corrected chi connectivity index (χ4v) is 3.52. The highest BCUT2D eigenvalue weighted by Gasteiger charge is 2.24. The molecule has 21 heavy (non-hydrogen) atoms. The van der Waals surface area contributed by atoms with Crippen molar-refractivity contribution in [3.63, 3.8) is 0 Å². The SMILES string of the molecule is O=S(=O)(NC1CCOCC1)c1ccc(F)cc1C#CCO. The molecule has 0 aromatic heterocycles. The van der Waals surface area contributed by atoms with Gasteiger partial charge in [0.1, 0.15) is 12.4 Å². The Morgan fingerprint density at radius 2 is 2.10 bits per heavy atom. The summed E-state index contributed by atoms with van der Waals surface area (Å²) in [6.07, 6.45) is 1.19. The van der Waals surface area contributed by atoms with Crippen LogP contribution in [0.4, 0.5) is 4.39 Å². The van der Waals surface area contributed by atoms with Crippen LogP contribution in [0.1, 0.15) is 18.4 Å². The molecule has 1 saturated heterocycles. The van der Waals surface area contributed by atoms with Gasteiger partial charge in [-0.1, -0.05) is 11.8 Å². The Morgan fingerprint density at radius 3 is 2.76 bits per heavy atom. The maximum Gasteiger partial charge on any atom is 0.242 e. The van der Waals surface area contributed by atoms with Gasteiger partial charge in [0.05, 0.1) is 4.90 Å². The summed E-state index contributed by atoms with van der Waals surface area (Å²) in [7, 11) is -3.79. The summed E-state index contributed by atoms with van der Waals surface area (Å²) in [5, 5.41) is 8.71. The van der Waals surface area contributed by atoms with Gasteiger partial charge in [0.15, 0.2) is 0 Å². The molecule has 7 heteroatoms. The first-order valence-corrected chi connectivity index (χ1v) is 8.00. The van der Waals surface area contributed by atoms with Gasteiger partial charge in [-0.15, -0.1) is 0 Å². The Kier molecular flexibility index (Phi) is 5.31. The van der Waals surface area contributed by atoms with E-state index >= 15 is 0 Å². The molecule has 0 aliphatic carbocycles. The average molecular weight is 313 g/mol. The Balaban J connectivity index is 2.30. The van der Waals surface area contributed by atoms with Gasteiger partial charge >= 0.3 is 0 Å². The number of halogens is 1. The molecule has 2 rings (SSSR count). The van der Waals surface area contributed by atoms with E-state index < -0.39 is 22.4 Å². The van der Waals surface area contributed by atoms with E-state index in [-0.39, 0.29) is 16.5 Å². The molecule has 0 atom stereocenters. The number of aliphatic hydroxyl groups is 1. The molecule has 0 amide bonds. The van der Waals surface area contributed by atoms with Crippen molar-refractivity contribution in [2.45, 2.75) is 23.8 Å². The number of aliphatic hydroxyl groups excluding tert-OH is 1. The van der Waals surface area contributed by atoms with E-state index in [2.05, 4.69) is 16.6 Å². The van der Waals surface area contributed by atoms with Crippen molar-refractivity contribution in [2.24, 2.45) is 0 Å². The lowest BCUT2D eigenvalue weighted by molar-refractivity contribution is 0.0832. The topological polar surface area (TPSA) is 75.6 Å². The molecule has 0 radical (unpaired) electrons. The molecule has 0 bridgehead atoms. The lowest BCUT2D eigenvalue weighted by Crippen LogP contribution is -2.39. The van der Waals surface area contributed by atoms with Crippen molar-refractivity contribution in [1.82, 2.24) is 4.72 Å². The highest BCUT2D eigenvalue weighted by molar-refractivity contribution is 7.89. The van der Waals surface area contributed by atoms with Crippen LogP contribution in [-0.2, 0) is 14.8 Å². The maximum absolute atomic E-state index is 13.3. The van der Waals surface area contributed by atoms with Crippen LogP contribution < -0.4 is 4.72 Å². The normalized spacial score (nSPS) is 16.3. The van der Waals surface area contributed by atoms with Crippen molar-refractivity contribution in [2.75, 3.05) is 19.8 Å². The molecule has 0 spiro atoms. The fourth-order valence-electron chi connectivity index (χ4n) is 2.07. The zero-order valence-corrected chi connectivity index (χ0v) is 12.1. The maximum atomic E-state index is 13.3. The zero-order valence-electron chi connectivity index (χ0n) is 11.3. The van der Waals surface area contributed by atoms with E-state index in [4.69, 9.17) is 9.84 Å². The van der Waals surface area contributed by atoms with Crippen LogP contribution in [-0.4, -0.2) is 39.4 Å². The van der Waals surface area contributed by atoms with E-state index in [1.807, 2.05) is 0 Å². The molecule has 1 fully saturated rings. The molecular formula is C14H16FNO4S. The molecule has 1 aromatic carbocycles. The Morgan fingerprint density at radius 1 is 1.38 bits per heavy atom. The second kappa shape index (κ2) is 7.00. The first kappa shape index (κ1) is 15.9.